The fourth-order valence-electron chi connectivity index (χ4n) is 3.87. The minimum atomic E-state index is -4.20. The van der Waals surface area contributed by atoms with Crippen LogP contribution in [0.15, 0.2) is 77.7 Å². The van der Waals surface area contributed by atoms with Gasteiger partial charge in [-0.1, -0.05) is 71.2 Å². The van der Waals surface area contributed by atoms with E-state index in [1.165, 1.54) is 23.1 Å². The van der Waals surface area contributed by atoms with Crippen LogP contribution in [-0.4, -0.2) is 43.3 Å². The maximum atomic E-state index is 14.0. The summed E-state index contributed by atoms with van der Waals surface area (Å²) in [4.78, 5) is 28.4. The molecule has 3 aromatic rings. The van der Waals surface area contributed by atoms with E-state index in [2.05, 4.69) is 5.32 Å². The van der Waals surface area contributed by atoms with Gasteiger partial charge in [0.2, 0.25) is 11.8 Å². The minimum absolute atomic E-state index is 0.00181. The number of sulfonamides is 1. The second-order valence-electron chi connectivity index (χ2n) is 10.3. The van der Waals surface area contributed by atoms with Gasteiger partial charge >= 0.3 is 0 Å². The monoisotopic (exact) mass is 589 g/mol. The van der Waals surface area contributed by atoms with Crippen LogP contribution in [0.25, 0.3) is 0 Å². The Hall–Kier alpha value is -3.07. The number of nitrogens with zero attached hydrogens (tertiary/aromatic N) is 2. The fourth-order valence-corrected chi connectivity index (χ4v) is 5.79. The molecule has 10 heteroatoms. The van der Waals surface area contributed by atoms with Gasteiger partial charge in [0.05, 0.1) is 15.6 Å². The maximum Gasteiger partial charge on any atom is 0.264 e. The Bertz CT molecular complexity index is 1440. The van der Waals surface area contributed by atoms with Crippen LogP contribution in [0.5, 0.6) is 0 Å². The molecule has 1 atom stereocenters. The number of aryl methyl sites for hydroxylation is 1. The molecule has 0 spiro atoms. The van der Waals surface area contributed by atoms with Crippen LogP contribution in [0, 0.1) is 6.92 Å². The SMILES string of the molecule is Cc1ccc(S(=O)(=O)N(CC(=O)N(Cc2ccccc2Cl)C(C)C(=O)NC(C)(C)C)c2ccccc2Cl)cc1. The summed E-state index contributed by atoms with van der Waals surface area (Å²) in [6.07, 6.45) is 0. The van der Waals surface area contributed by atoms with E-state index in [0.29, 0.717) is 10.6 Å². The predicted octanol–water partition coefficient (Wildman–Crippen LogP) is 5.83. The van der Waals surface area contributed by atoms with Crippen molar-refractivity contribution in [2.45, 2.75) is 57.6 Å². The Labute approximate surface area is 240 Å². The van der Waals surface area contributed by atoms with Gasteiger partial charge < -0.3 is 10.2 Å². The summed E-state index contributed by atoms with van der Waals surface area (Å²) in [6, 6.07) is 18.8. The van der Waals surface area contributed by atoms with E-state index >= 15 is 0 Å². The molecule has 0 aliphatic rings. The molecule has 0 radical (unpaired) electrons. The standard InChI is InChI=1S/C29H33Cl2N3O4S/c1-20-14-16-23(17-15-20)39(37,38)34(26-13-9-8-12-25(26)31)19-27(35)33(18-22-10-6-7-11-24(22)30)21(2)28(36)32-29(3,4)5/h6-17,21H,18-19H2,1-5H3,(H,32,36). The first-order valence-corrected chi connectivity index (χ1v) is 14.6. The molecule has 0 aliphatic heterocycles. The highest BCUT2D eigenvalue weighted by molar-refractivity contribution is 7.92. The fraction of sp³-hybridized carbons (Fsp3) is 0.310. The number of halogens is 2. The minimum Gasteiger partial charge on any atom is -0.350 e. The molecule has 0 aromatic heterocycles. The zero-order chi connectivity index (χ0) is 29.0. The van der Waals surface area contributed by atoms with Crippen LogP contribution in [0.3, 0.4) is 0 Å². The Kier molecular flexibility index (Phi) is 9.69. The first kappa shape index (κ1) is 30.5. The van der Waals surface area contributed by atoms with Crippen molar-refractivity contribution < 1.29 is 18.0 Å². The predicted molar refractivity (Wildman–Crippen MR) is 157 cm³/mol. The third kappa shape index (κ3) is 7.75. The molecular formula is C29H33Cl2N3O4S. The number of anilines is 1. The van der Waals surface area contributed by atoms with Crippen molar-refractivity contribution in [1.82, 2.24) is 10.2 Å². The third-order valence-electron chi connectivity index (χ3n) is 5.97. The lowest BCUT2D eigenvalue weighted by atomic mass is 10.1. The molecule has 0 aliphatic carbocycles. The number of amides is 2. The lowest BCUT2D eigenvalue weighted by Crippen LogP contribution is -2.54. The Morgan fingerprint density at radius 2 is 1.46 bits per heavy atom. The zero-order valence-electron chi connectivity index (χ0n) is 22.6. The van der Waals surface area contributed by atoms with Crippen molar-refractivity contribution in [2.24, 2.45) is 0 Å². The van der Waals surface area contributed by atoms with E-state index in [-0.39, 0.29) is 28.1 Å². The molecule has 3 aromatic carbocycles. The molecule has 0 fully saturated rings. The summed E-state index contributed by atoms with van der Waals surface area (Å²) in [7, 11) is -4.20. The van der Waals surface area contributed by atoms with Gasteiger partial charge in [-0.2, -0.15) is 0 Å². The summed E-state index contributed by atoms with van der Waals surface area (Å²) >= 11 is 12.8. The molecule has 39 heavy (non-hydrogen) atoms. The molecule has 0 saturated heterocycles. The highest BCUT2D eigenvalue weighted by Crippen LogP contribution is 2.31. The second kappa shape index (κ2) is 12.4. The molecule has 1 unspecified atom stereocenters. The zero-order valence-corrected chi connectivity index (χ0v) is 24.9. The first-order chi connectivity index (χ1) is 18.2. The van der Waals surface area contributed by atoms with E-state index in [1.807, 2.05) is 27.7 Å². The van der Waals surface area contributed by atoms with Crippen molar-refractivity contribution >= 4 is 50.7 Å². The average Bonchev–Trinajstić information content (AvgIpc) is 2.86. The Morgan fingerprint density at radius 1 is 0.897 bits per heavy atom. The van der Waals surface area contributed by atoms with E-state index in [1.54, 1.807) is 61.5 Å². The smallest absolute Gasteiger partial charge is 0.264 e. The highest BCUT2D eigenvalue weighted by atomic mass is 35.5. The number of benzene rings is 3. The molecule has 0 bridgehead atoms. The van der Waals surface area contributed by atoms with Crippen molar-refractivity contribution in [3.8, 4) is 0 Å². The third-order valence-corrected chi connectivity index (χ3v) is 8.44. The molecule has 208 valence electrons. The molecule has 0 heterocycles. The van der Waals surface area contributed by atoms with Crippen molar-refractivity contribution in [3.05, 3.63) is 94.0 Å². The molecule has 7 nitrogen and oxygen atoms in total. The normalized spacial score (nSPS) is 12.5. The van der Waals surface area contributed by atoms with Gasteiger partial charge in [-0.25, -0.2) is 8.42 Å². The largest absolute Gasteiger partial charge is 0.350 e. The molecule has 1 N–H and O–H groups in total. The quantitative estimate of drug-likeness (QED) is 0.340. The van der Waals surface area contributed by atoms with Gasteiger partial charge in [0, 0.05) is 17.1 Å². The van der Waals surface area contributed by atoms with Crippen molar-refractivity contribution in [2.75, 3.05) is 10.8 Å². The summed E-state index contributed by atoms with van der Waals surface area (Å²) in [5, 5.41) is 3.48. The van der Waals surface area contributed by atoms with E-state index < -0.39 is 34.1 Å². The first-order valence-electron chi connectivity index (χ1n) is 12.4. The number of rotatable bonds is 9. The molecule has 2 amide bonds. The number of carbonyl (C=O) groups excluding carboxylic acids is 2. The number of para-hydroxylation sites is 1. The van der Waals surface area contributed by atoms with Gasteiger partial charge in [-0.15, -0.1) is 0 Å². The van der Waals surface area contributed by atoms with Gasteiger partial charge in [0.1, 0.15) is 12.6 Å². The molecule has 3 rings (SSSR count). The summed E-state index contributed by atoms with van der Waals surface area (Å²) in [5.41, 5.74) is 1.12. The molecule has 0 saturated carbocycles. The number of hydrogen-bond acceptors (Lipinski definition) is 4. The van der Waals surface area contributed by atoms with Crippen LogP contribution in [0.4, 0.5) is 5.69 Å². The van der Waals surface area contributed by atoms with Gasteiger partial charge in [0.25, 0.3) is 10.0 Å². The lowest BCUT2D eigenvalue weighted by Gasteiger charge is -2.33. The number of nitrogens with one attached hydrogen (secondary N) is 1. The van der Waals surface area contributed by atoms with E-state index in [0.717, 1.165) is 9.87 Å². The maximum absolute atomic E-state index is 14.0. The average molecular weight is 591 g/mol. The van der Waals surface area contributed by atoms with Crippen molar-refractivity contribution in [1.29, 1.82) is 0 Å². The van der Waals surface area contributed by atoms with Gasteiger partial charge in [-0.05, 0) is 70.5 Å². The van der Waals surface area contributed by atoms with Crippen molar-refractivity contribution in [3.63, 3.8) is 0 Å². The summed E-state index contributed by atoms with van der Waals surface area (Å²) < 4.78 is 28.7. The van der Waals surface area contributed by atoms with Crippen LogP contribution < -0.4 is 9.62 Å². The lowest BCUT2D eigenvalue weighted by molar-refractivity contribution is -0.140. The number of carbonyl (C=O) groups is 2. The van der Waals surface area contributed by atoms with Crippen LogP contribution in [0.2, 0.25) is 10.0 Å². The second-order valence-corrected chi connectivity index (χ2v) is 13.0. The van der Waals surface area contributed by atoms with Crippen LogP contribution in [0.1, 0.15) is 38.8 Å². The van der Waals surface area contributed by atoms with E-state index in [9.17, 15) is 18.0 Å². The van der Waals surface area contributed by atoms with Crippen LogP contribution >= 0.6 is 23.2 Å². The summed E-state index contributed by atoms with van der Waals surface area (Å²) in [5.74, 6) is -0.976. The van der Waals surface area contributed by atoms with Gasteiger partial charge in [0.15, 0.2) is 0 Å². The summed E-state index contributed by atoms with van der Waals surface area (Å²) in [6.45, 7) is 8.38. The highest BCUT2D eigenvalue weighted by Gasteiger charge is 2.34. The molecular weight excluding hydrogens is 557 g/mol. The van der Waals surface area contributed by atoms with Crippen LogP contribution in [-0.2, 0) is 26.2 Å². The topological polar surface area (TPSA) is 86.8 Å². The Balaban J connectivity index is 2.06. The van der Waals surface area contributed by atoms with Gasteiger partial charge in [-0.3, -0.25) is 13.9 Å². The number of hydrogen-bond donors (Lipinski definition) is 1. The Morgan fingerprint density at radius 3 is 2.03 bits per heavy atom. The van der Waals surface area contributed by atoms with E-state index in [4.69, 9.17) is 23.2 Å².